The second-order valence-corrected chi connectivity index (χ2v) is 6.17. The molecule has 2 nitrogen and oxygen atoms in total. The zero-order chi connectivity index (χ0) is 14.5. The van der Waals surface area contributed by atoms with Crippen molar-refractivity contribution in [2.75, 3.05) is 6.54 Å². The molecule has 0 bridgehead atoms. The smallest absolute Gasteiger partial charge is 0.128 e. The maximum atomic E-state index is 6.34. The van der Waals surface area contributed by atoms with Gasteiger partial charge < -0.3 is 10.1 Å². The highest BCUT2D eigenvalue weighted by atomic mass is 127. The van der Waals surface area contributed by atoms with E-state index in [-0.39, 0.29) is 6.04 Å². The van der Waals surface area contributed by atoms with E-state index in [9.17, 15) is 0 Å². The molecule has 0 saturated heterocycles. The minimum absolute atomic E-state index is 0.235. The molecule has 0 amide bonds. The highest BCUT2D eigenvalue weighted by Crippen LogP contribution is 2.30. The van der Waals surface area contributed by atoms with Crippen LogP contribution in [0.1, 0.15) is 25.5 Å². The summed E-state index contributed by atoms with van der Waals surface area (Å²) in [5.41, 5.74) is 1.09. The maximum absolute atomic E-state index is 6.34. The maximum Gasteiger partial charge on any atom is 0.128 e. The van der Waals surface area contributed by atoms with Gasteiger partial charge in [-0.2, -0.15) is 0 Å². The third kappa shape index (κ3) is 4.11. The molecule has 2 aromatic carbocycles. The number of hydrogen-bond acceptors (Lipinski definition) is 2. The van der Waals surface area contributed by atoms with Gasteiger partial charge in [0, 0.05) is 14.6 Å². The predicted molar refractivity (Wildman–Crippen MR) is 92.8 cm³/mol. The minimum Gasteiger partial charge on any atom is -0.457 e. The van der Waals surface area contributed by atoms with Gasteiger partial charge >= 0.3 is 0 Å². The van der Waals surface area contributed by atoms with Gasteiger partial charge in [0.25, 0.3) is 0 Å². The first-order valence-corrected chi connectivity index (χ1v) is 8.02. The van der Waals surface area contributed by atoms with Gasteiger partial charge in [-0.05, 0) is 72.0 Å². The Morgan fingerprint density at radius 2 is 1.95 bits per heavy atom. The second kappa shape index (κ2) is 7.29. The SMILES string of the molecule is CCNC(C)c1ccc(Oc2cccc(I)c2)cc1Cl. The average Bonchev–Trinajstić information content (AvgIpc) is 2.39. The van der Waals surface area contributed by atoms with E-state index >= 15 is 0 Å². The third-order valence-corrected chi connectivity index (χ3v) is 3.98. The van der Waals surface area contributed by atoms with E-state index in [0.717, 1.165) is 32.2 Å². The first-order chi connectivity index (χ1) is 9.60. The van der Waals surface area contributed by atoms with E-state index < -0.39 is 0 Å². The molecule has 0 aliphatic carbocycles. The zero-order valence-corrected chi connectivity index (χ0v) is 14.4. The van der Waals surface area contributed by atoms with Crippen LogP contribution in [0.25, 0.3) is 0 Å². The van der Waals surface area contributed by atoms with Crippen LogP contribution in [0.3, 0.4) is 0 Å². The van der Waals surface area contributed by atoms with Crippen LogP contribution in [0.2, 0.25) is 5.02 Å². The van der Waals surface area contributed by atoms with Crippen molar-refractivity contribution in [3.05, 3.63) is 56.6 Å². The molecular weight excluding hydrogens is 385 g/mol. The van der Waals surface area contributed by atoms with E-state index in [2.05, 4.69) is 41.8 Å². The van der Waals surface area contributed by atoms with Gasteiger partial charge in [-0.1, -0.05) is 30.7 Å². The topological polar surface area (TPSA) is 21.3 Å². The van der Waals surface area contributed by atoms with Crippen LogP contribution in [-0.2, 0) is 0 Å². The number of nitrogens with one attached hydrogen (secondary N) is 1. The largest absolute Gasteiger partial charge is 0.457 e. The van der Waals surface area contributed by atoms with Crippen molar-refractivity contribution < 1.29 is 4.74 Å². The molecule has 0 heterocycles. The Kier molecular flexibility index (Phi) is 5.69. The summed E-state index contributed by atoms with van der Waals surface area (Å²) in [4.78, 5) is 0. The molecule has 2 rings (SSSR count). The Labute approximate surface area is 138 Å². The standard InChI is InChI=1S/C16H17ClINO/c1-3-19-11(2)15-8-7-14(10-16(15)17)20-13-6-4-5-12(18)9-13/h4-11,19H,3H2,1-2H3. The first kappa shape index (κ1) is 15.6. The van der Waals surface area contributed by atoms with Crippen LogP contribution >= 0.6 is 34.2 Å². The molecule has 1 N–H and O–H groups in total. The molecule has 106 valence electrons. The van der Waals surface area contributed by atoms with Crippen molar-refractivity contribution >= 4 is 34.2 Å². The second-order valence-electron chi connectivity index (χ2n) is 4.52. The lowest BCUT2D eigenvalue weighted by molar-refractivity contribution is 0.481. The fraction of sp³-hybridized carbons (Fsp3) is 0.250. The molecule has 4 heteroatoms. The van der Waals surface area contributed by atoms with Crippen molar-refractivity contribution in [3.63, 3.8) is 0 Å². The highest BCUT2D eigenvalue weighted by Gasteiger charge is 2.09. The lowest BCUT2D eigenvalue weighted by atomic mass is 10.1. The summed E-state index contributed by atoms with van der Waals surface area (Å²) in [6.45, 7) is 5.10. The van der Waals surface area contributed by atoms with E-state index in [0.29, 0.717) is 0 Å². The normalized spacial score (nSPS) is 12.2. The lowest BCUT2D eigenvalue weighted by Crippen LogP contribution is -2.17. The highest BCUT2D eigenvalue weighted by molar-refractivity contribution is 14.1. The molecule has 0 aromatic heterocycles. The van der Waals surface area contributed by atoms with Gasteiger partial charge in [0.2, 0.25) is 0 Å². The van der Waals surface area contributed by atoms with Crippen molar-refractivity contribution in [1.29, 1.82) is 0 Å². The summed E-state index contributed by atoms with van der Waals surface area (Å²) in [6, 6.07) is 14.0. The summed E-state index contributed by atoms with van der Waals surface area (Å²) >= 11 is 8.60. The van der Waals surface area contributed by atoms with Crippen molar-refractivity contribution in [2.45, 2.75) is 19.9 Å². The minimum atomic E-state index is 0.235. The predicted octanol–water partition coefficient (Wildman–Crippen LogP) is 5.41. The number of rotatable bonds is 5. The summed E-state index contributed by atoms with van der Waals surface area (Å²) in [5, 5.41) is 4.08. The van der Waals surface area contributed by atoms with Gasteiger partial charge in [0.05, 0.1) is 0 Å². The molecule has 0 aliphatic rings. The van der Waals surface area contributed by atoms with Crippen LogP contribution in [0.5, 0.6) is 11.5 Å². The molecule has 20 heavy (non-hydrogen) atoms. The summed E-state index contributed by atoms with van der Waals surface area (Å²) < 4.78 is 6.97. The van der Waals surface area contributed by atoms with Crippen LogP contribution in [0.15, 0.2) is 42.5 Å². The molecule has 0 aliphatic heterocycles. The van der Waals surface area contributed by atoms with E-state index in [4.69, 9.17) is 16.3 Å². The molecule has 0 fully saturated rings. The fourth-order valence-electron chi connectivity index (χ4n) is 2.01. The number of halogens is 2. The fourth-order valence-corrected chi connectivity index (χ4v) is 2.85. The van der Waals surface area contributed by atoms with Crippen molar-refractivity contribution in [2.24, 2.45) is 0 Å². The Hall–Kier alpha value is -0.780. The van der Waals surface area contributed by atoms with Crippen LogP contribution < -0.4 is 10.1 Å². The quantitative estimate of drug-likeness (QED) is 0.677. The van der Waals surface area contributed by atoms with Gasteiger partial charge in [0.1, 0.15) is 11.5 Å². The Morgan fingerprint density at radius 1 is 1.20 bits per heavy atom. The van der Waals surface area contributed by atoms with Crippen LogP contribution in [0.4, 0.5) is 0 Å². The zero-order valence-electron chi connectivity index (χ0n) is 11.5. The van der Waals surface area contributed by atoms with Crippen LogP contribution in [0, 0.1) is 3.57 Å². The summed E-state index contributed by atoms with van der Waals surface area (Å²) in [7, 11) is 0. The Morgan fingerprint density at radius 3 is 2.60 bits per heavy atom. The number of hydrogen-bond donors (Lipinski definition) is 1. The first-order valence-electron chi connectivity index (χ1n) is 6.56. The lowest BCUT2D eigenvalue weighted by Gasteiger charge is -2.15. The molecule has 2 aromatic rings. The number of benzene rings is 2. The molecular formula is C16H17ClINO. The van der Waals surface area contributed by atoms with E-state index in [1.807, 2.05) is 42.5 Å². The third-order valence-electron chi connectivity index (χ3n) is 2.98. The molecule has 0 spiro atoms. The number of ether oxygens (including phenoxy) is 1. The van der Waals surface area contributed by atoms with Gasteiger partial charge in [-0.15, -0.1) is 0 Å². The van der Waals surface area contributed by atoms with E-state index in [1.54, 1.807) is 0 Å². The van der Waals surface area contributed by atoms with Gasteiger partial charge in [0.15, 0.2) is 0 Å². The molecule has 1 unspecified atom stereocenters. The Bertz CT molecular complexity index is 588. The van der Waals surface area contributed by atoms with Crippen LogP contribution in [-0.4, -0.2) is 6.54 Å². The summed E-state index contributed by atoms with van der Waals surface area (Å²) in [5.74, 6) is 1.57. The average molecular weight is 402 g/mol. The van der Waals surface area contributed by atoms with Gasteiger partial charge in [-0.3, -0.25) is 0 Å². The van der Waals surface area contributed by atoms with Gasteiger partial charge in [-0.25, -0.2) is 0 Å². The van der Waals surface area contributed by atoms with Crippen molar-refractivity contribution in [1.82, 2.24) is 5.32 Å². The molecule has 0 radical (unpaired) electrons. The summed E-state index contributed by atoms with van der Waals surface area (Å²) in [6.07, 6.45) is 0. The Balaban J connectivity index is 2.17. The van der Waals surface area contributed by atoms with E-state index in [1.165, 1.54) is 0 Å². The molecule has 1 atom stereocenters. The monoisotopic (exact) mass is 401 g/mol. The molecule has 0 saturated carbocycles. The van der Waals surface area contributed by atoms with Crippen molar-refractivity contribution in [3.8, 4) is 11.5 Å².